The zero-order chi connectivity index (χ0) is 22.9. The summed E-state index contributed by atoms with van der Waals surface area (Å²) in [5.74, 6) is 2.49. The van der Waals surface area contributed by atoms with Crippen molar-refractivity contribution in [1.82, 2.24) is 0 Å². The van der Waals surface area contributed by atoms with Crippen molar-refractivity contribution in [3.8, 4) is 18.1 Å². The van der Waals surface area contributed by atoms with Crippen molar-refractivity contribution in [2.45, 2.75) is 12.3 Å². The molecule has 4 rings (SSSR count). The van der Waals surface area contributed by atoms with E-state index in [1.165, 1.54) is 17.0 Å². The Bertz CT molecular complexity index is 1220. The number of benzene rings is 3. The molecule has 1 aliphatic rings. The van der Waals surface area contributed by atoms with Gasteiger partial charge in [0, 0.05) is 11.4 Å². The number of halogens is 4. The van der Waals surface area contributed by atoms with Crippen LogP contribution in [0.25, 0.3) is 0 Å². The first-order chi connectivity index (χ1) is 15.3. The minimum Gasteiger partial charge on any atom is -0.480 e. The fourth-order valence-electron chi connectivity index (χ4n) is 3.51. The Kier molecular flexibility index (Phi) is 5.85. The van der Waals surface area contributed by atoms with Crippen molar-refractivity contribution >= 4 is 33.2 Å². The number of rotatable bonds is 4. The maximum atomic E-state index is 13.4. The van der Waals surface area contributed by atoms with E-state index in [9.17, 15) is 18.0 Å². The predicted molar refractivity (Wildman–Crippen MR) is 120 cm³/mol. The second kappa shape index (κ2) is 8.60. The Morgan fingerprint density at radius 1 is 1.09 bits per heavy atom. The largest absolute Gasteiger partial charge is 0.480 e. The summed E-state index contributed by atoms with van der Waals surface area (Å²) in [4.78, 5) is 14.7. The van der Waals surface area contributed by atoms with Gasteiger partial charge in [0.1, 0.15) is 18.5 Å². The highest BCUT2D eigenvalue weighted by Gasteiger charge is 2.36. The van der Waals surface area contributed by atoms with Crippen molar-refractivity contribution in [1.29, 1.82) is 0 Å². The molecule has 0 aromatic heterocycles. The van der Waals surface area contributed by atoms with Crippen LogP contribution >= 0.6 is 15.9 Å². The number of amides is 1. The lowest BCUT2D eigenvalue weighted by Crippen LogP contribution is -2.43. The number of terminal acetylenes is 1. The molecule has 1 heterocycles. The highest BCUT2D eigenvalue weighted by Crippen LogP contribution is 2.40. The van der Waals surface area contributed by atoms with Gasteiger partial charge in [-0.15, -0.1) is 6.42 Å². The molecule has 1 amide bonds. The summed E-state index contributed by atoms with van der Waals surface area (Å²) >= 11 is 3.43. The molecule has 0 bridgehead atoms. The maximum Gasteiger partial charge on any atom is 0.416 e. The van der Waals surface area contributed by atoms with E-state index in [1.807, 2.05) is 0 Å². The van der Waals surface area contributed by atoms with E-state index in [-0.39, 0.29) is 12.3 Å². The Balaban J connectivity index is 1.82. The van der Waals surface area contributed by atoms with Crippen LogP contribution in [0.1, 0.15) is 27.7 Å². The van der Waals surface area contributed by atoms with Gasteiger partial charge < -0.3 is 10.1 Å². The van der Waals surface area contributed by atoms with Gasteiger partial charge in [0.15, 0.2) is 0 Å². The Morgan fingerprint density at radius 2 is 1.88 bits per heavy atom. The number of carbonyl (C=O) groups excluding carboxylic acids is 1. The molecule has 32 heavy (non-hydrogen) atoms. The smallest absolute Gasteiger partial charge is 0.416 e. The fourth-order valence-corrected chi connectivity index (χ4v) is 4.02. The van der Waals surface area contributed by atoms with Crippen LogP contribution in [0.5, 0.6) is 5.75 Å². The lowest BCUT2D eigenvalue weighted by molar-refractivity contribution is -0.137. The average Bonchev–Trinajstić information content (AvgIpc) is 2.77. The number of nitrogens with one attached hydrogen (secondary N) is 1. The van der Waals surface area contributed by atoms with E-state index in [0.29, 0.717) is 27.0 Å². The molecule has 0 spiro atoms. The van der Waals surface area contributed by atoms with Crippen molar-refractivity contribution in [2.75, 3.05) is 16.8 Å². The van der Waals surface area contributed by atoms with Crippen molar-refractivity contribution in [2.24, 2.45) is 0 Å². The van der Waals surface area contributed by atoms with Crippen molar-refractivity contribution in [3.05, 3.63) is 87.9 Å². The molecule has 0 fully saturated rings. The minimum atomic E-state index is -4.53. The molecule has 0 aliphatic carbocycles. The molecule has 3 aromatic carbocycles. The second-order valence-corrected chi connectivity index (χ2v) is 7.85. The Morgan fingerprint density at radius 3 is 2.59 bits per heavy atom. The van der Waals surface area contributed by atoms with Gasteiger partial charge >= 0.3 is 6.18 Å². The van der Waals surface area contributed by atoms with Crippen molar-refractivity contribution < 1.29 is 22.7 Å². The first kappa shape index (κ1) is 21.8. The molecule has 1 atom stereocenters. The van der Waals surface area contributed by atoms with Gasteiger partial charge in [-0.05, 0) is 64.0 Å². The highest BCUT2D eigenvalue weighted by atomic mass is 79.9. The van der Waals surface area contributed by atoms with Gasteiger partial charge in [-0.1, -0.05) is 30.2 Å². The number of hydrogen-bond acceptors (Lipinski definition) is 3. The van der Waals surface area contributed by atoms with Crippen LogP contribution in [-0.4, -0.2) is 12.5 Å². The predicted octanol–water partition coefficient (Wildman–Crippen LogP) is 6.25. The van der Waals surface area contributed by atoms with Crippen LogP contribution in [0.3, 0.4) is 0 Å². The monoisotopic (exact) mass is 500 g/mol. The third-order valence-corrected chi connectivity index (χ3v) is 5.58. The second-order valence-electron chi connectivity index (χ2n) is 7.00. The van der Waals surface area contributed by atoms with E-state index < -0.39 is 23.8 Å². The van der Waals surface area contributed by atoms with Crippen LogP contribution in [-0.2, 0) is 6.18 Å². The quantitative estimate of drug-likeness (QED) is 0.430. The number of fused-ring (bicyclic) bond motifs is 1. The third-order valence-electron chi connectivity index (χ3n) is 4.96. The first-order valence-corrected chi connectivity index (χ1v) is 10.3. The lowest BCUT2D eigenvalue weighted by atomic mass is 10.0. The van der Waals surface area contributed by atoms with Gasteiger partial charge in [0.2, 0.25) is 0 Å². The number of anilines is 2. The van der Waals surface area contributed by atoms with Crippen LogP contribution < -0.4 is 15.0 Å². The third kappa shape index (κ3) is 4.16. The van der Waals surface area contributed by atoms with E-state index in [0.717, 1.165) is 12.1 Å². The standard InChI is InChI=1S/C24H16BrF3N2O2/c1-2-12-32-21-11-10-15(13-19(21)25)22-29-20-9-4-3-8-18(20)23(31)30(22)17-7-5-6-16(14-17)24(26,27)28/h1,3-11,13-14,22,29H,12H2/t22-/m0/s1. The van der Waals surface area contributed by atoms with E-state index >= 15 is 0 Å². The molecule has 0 saturated carbocycles. The summed E-state index contributed by atoms with van der Waals surface area (Å²) in [5, 5.41) is 3.27. The van der Waals surface area contributed by atoms with Crippen LogP contribution in [0, 0.1) is 12.3 Å². The fraction of sp³-hybridized carbons (Fsp3) is 0.125. The Hall–Kier alpha value is -3.44. The first-order valence-electron chi connectivity index (χ1n) is 9.51. The number of para-hydroxylation sites is 1. The molecule has 3 aromatic rings. The van der Waals surface area contributed by atoms with E-state index in [1.54, 1.807) is 42.5 Å². The SMILES string of the molecule is C#CCOc1ccc([C@H]2Nc3ccccc3C(=O)N2c2cccc(C(F)(F)F)c2)cc1Br. The van der Waals surface area contributed by atoms with Gasteiger partial charge in [0.25, 0.3) is 5.91 Å². The number of ether oxygens (including phenoxy) is 1. The van der Waals surface area contributed by atoms with Gasteiger partial charge in [-0.25, -0.2) is 0 Å². The average molecular weight is 501 g/mol. The molecular weight excluding hydrogens is 485 g/mol. The molecule has 1 aliphatic heterocycles. The van der Waals surface area contributed by atoms with Crippen LogP contribution in [0.4, 0.5) is 24.5 Å². The zero-order valence-corrected chi connectivity index (χ0v) is 18.1. The number of alkyl halides is 3. The molecule has 4 nitrogen and oxygen atoms in total. The summed E-state index contributed by atoms with van der Waals surface area (Å²) in [7, 11) is 0. The van der Waals surface area contributed by atoms with Crippen molar-refractivity contribution in [3.63, 3.8) is 0 Å². The lowest BCUT2D eigenvalue weighted by Gasteiger charge is -2.38. The van der Waals surface area contributed by atoms with Gasteiger partial charge in [0.05, 0.1) is 15.6 Å². The zero-order valence-electron chi connectivity index (χ0n) is 16.5. The summed E-state index contributed by atoms with van der Waals surface area (Å²) in [6.45, 7) is 0.0852. The number of hydrogen-bond donors (Lipinski definition) is 1. The molecule has 0 unspecified atom stereocenters. The van der Waals surface area contributed by atoms with Crippen LogP contribution in [0.2, 0.25) is 0 Å². The molecular formula is C24H16BrF3N2O2. The number of carbonyl (C=O) groups is 1. The Labute approximate surface area is 191 Å². The van der Waals surface area contributed by atoms with Gasteiger partial charge in [-0.3, -0.25) is 9.69 Å². The summed E-state index contributed by atoms with van der Waals surface area (Å²) in [6.07, 6.45) is -0.0495. The summed E-state index contributed by atoms with van der Waals surface area (Å²) in [5.41, 5.74) is 0.897. The molecule has 1 N–H and O–H groups in total. The molecule has 162 valence electrons. The summed E-state index contributed by atoms with van der Waals surface area (Å²) < 4.78 is 46.1. The maximum absolute atomic E-state index is 13.4. The minimum absolute atomic E-state index is 0.0852. The molecule has 0 radical (unpaired) electrons. The normalized spacial score (nSPS) is 15.5. The van der Waals surface area contributed by atoms with Crippen LogP contribution in [0.15, 0.2) is 71.2 Å². The van der Waals surface area contributed by atoms with E-state index in [2.05, 4.69) is 27.2 Å². The van der Waals surface area contributed by atoms with Gasteiger partial charge in [-0.2, -0.15) is 13.2 Å². The summed E-state index contributed by atoms with van der Waals surface area (Å²) in [6, 6.07) is 16.7. The topological polar surface area (TPSA) is 41.6 Å². The molecule has 8 heteroatoms. The highest BCUT2D eigenvalue weighted by molar-refractivity contribution is 9.10. The number of nitrogens with zero attached hydrogens (tertiary/aromatic N) is 1. The van der Waals surface area contributed by atoms with E-state index in [4.69, 9.17) is 11.2 Å². The molecule has 0 saturated heterocycles.